The van der Waals surface area contributed by atoms with Crippen LogP contribution in [0.1, 0.15) is 38.5 Å². The summed E-state index contributed by atoms with van der Waals surface area (Å²) in [5, 5.41) is 16.2. The first-order chi connectivity index (χ1) is 10.6. The van der Waals surface area contributed by atoms with Crippen LogP contribution in [0.4, 0.5) is 13.2 Å². The SMILES string of the molecule is CC(c1cc(S(N)(=O)=O)nn1C(C)C)N(C)C.O=C(O)C(F)(F)F. The number of carboxylic acid groups (broad SMARTS) is 1. The fourth-order valence-electron chi connectivity index (χ4n) is 1.51. The number of sulfonamides is 1. The molecule has 1 unspecified atom stereocenters. The molecule has 3 N–H and O–H groups in total. The summed E-state index contributed by atoms with van der Waals surface area (Å²) in [5.74, 6) is -2.76. The van der Waals surface area contributed by atoms with Gasteiger partial charge in [0, 0.05) is 18.2 Å². The van der Waals surface area contributed by atoms with Gasteiger partial charge in [0.05, 0.1) is 5.69 Å². The predicted octanol–water partition coefficient (Wildman–Crippen LogP) is 1.37. The summed E-state index contributed by atoms with van der Waals surface area (Å²) in [7, 11) is 0.111. The molecule has 0 bridgehead atoms. The van der Waals surface area contributed by atoms with Crippen molar-refractivity contribution in [2.45, 2.75) is 44.1 Å². The molecule has 0 saturated heterocycles. The summed E-state index contributed by atoms with van der Waals surface area (Å²) >= 11 is 0. The number of carbonyl (C=O) groups is 1. The molecule has 0 aliphatic rings. The Morgan fingerprint density at radius 2 is 1.75 bits per heavy atom. The lowest BCUT2D eigenvalue weighted by Gasteiger charge is -2.22. The van der Waals surface area contributed by atoms with Crippen molar-refractivity contribution in [3.05, 3.63) is 11.8 Å². The third-order valence-electron chi connectivity index (χ3n) is 2.97. The highest BCUT2D eigenvalue weighted by atomic mass is 32.2. The Morgan fingerprint density at radius 1 is 1.33 bits per heavy atom. The fraction of sp³-hybridized carbons (Fsp3) is 0.667. The molecule has 1 atom stereocenters. The second-order valence-electron chi connectivity index (χ2n) is 5.43. The Labute approximate surface area is 138 Å². The number of hydrogen-bond acceptors (Lipinski definition) is 5. The number of rotatable bonds is 4. The molecular formula is C12H21F3N4O4S. The normalized spacial score (nSPS) is 13.6. The first kappa shape index (κ1) is 22.3. The van der Waals surface area contributed by atoms with E-state index in [2.05, 4.69) is 5.10 Å². The molecule has 1 heterocycles. The Morgan fingerprint density at radius 3 is 2.00 bits per heavy atom. The summed E-state index contributed by atoms with van der Waals surface area (Å²) in [5.41, 5.74) is 0.842. The van der Waals surface area contributed by atoms with Crippen molar-refractivity contribution >= 4 is 16.0 Å². The molecule has 1 rings (SSSR count). The van der Waals surface area contributed by atoms with E-state index in [4.69, 9.17) is 15.0 Å². The van der Waals surface area contributed by atoms with Gasteiger partial charge < -0.3 is 10.0 Å². The van der Waals surface area contributed by atoms with Crippen molar-refractivity contribution in [2.24, 2.45) is 5.14 Å². The van der Waals surface area contributed by atoms with E-state index in [1.165, 1.54) is 0 Å². The van der Waals surface area contributed by atoms with Crippen LogP contribution in [0.2, 0.25) is 0 Å². The fourth-order valence-corrected chi connectivity index (χ4v) is 2.00. The molecule has 12 heteroatoms. The van der Waals surface area contributed by atoms with Gasteiger partial charge in [-0.25, -0.2) is 18.4 Å². The molecule has 8 nitrogen and oxygen atoms in total. The lowest BCUT2D eigenvalue weighted by atomic mass is 10.2. The quantitative estimate of drug-likeness (QED) is 0.822. The van der Waals surface area contributed by atoms with E-state index in [0.717, 1.165) is 5.69 Å². The third-order valence-corrected chi connectivity index (χ3v) is 3.75. The van der Waals surface area contributed by atoms with E-state index in [1.54, 1.807) is 10.7 Å². The Bertz CT molecular complexity index is 668. The summed E-state index contributed by atoms with van der Waals surface area (Å²) in [6, 6.07) is 1.70. The van der Waals surface area contributed by atoms with Gasteiger partial charge in [-0.2, -0.15) is 18.3 Å². The lowest BCUT2D eigenvalue weighted by Crippen LogP contribution is -2.21. The van der Waals surface area contributed by atoms with Crippen LogP contribution in [0.25, 0.3) is 0 Å². The van der Waals surface area contributed by atoms with E-state index >= 15 is 0 Å². The van der Waals surface area contributed by atoms with E-state index < -0.39 is 22.2 Å². The molecule has 24 heavy (non-hydrogen) atoms. The van der Waals surface area contributed by atoms with E-state index in [0.29, 0.717) is 0 Å². The average Bonchev–Trinajstić information content (AvgIpc) is 2.81. The molecular weight excluding hydrogens is 353 g/mol. The Balaban J connectivity index is 0.000000640. The van der Waals surface area contributed by atoms with Gasteiger partial charge >= 0.3 is 12.1 Å². The van der Waals surface area contributed by atoms with Gasteiger partial charge in [0.1, 0.15) is 0 Å². The molecule has 1 aromatic heterocycles. The molecule has 1 aromatic rings. The summed E-state index contributed by atoms with van der Waals surface area (Å²) in [6.45, 7) is 5.89. The molecule has 0 fully saturated rings. The number of halogens is 3. The minimum absolute atomic E-state index is 0.0698. The largest absolute Gasteiger partial charge is 0.490 e. The topological polar surface area (TPSA) is 119 Å². The Kier molecular flexibility index (Phi) is 7.39. The molecule has 0 saturated carbocycles. The second-order valence-corrected chi connectivity index (χ2v) is 6.94. The highest BCUT2D eigenvalue weighted by Gasteiger charge is 2.38. The maximum absolute atomic E-state index is 11.3. The molecule has 0 aliphatic carbocycles. The van der Waals surface area contributed by atoms with Crippen LogP contribution >= 0.6 is 0 Å². The van der Waals surface area contributed by atoms with Crippen molar-refractivity contribution in [2.75, 3.05) is 14.1 Å². The minimum Gasteiger partial charge on any atom is -0.475 e. The van der Waals surface area contributed by atoms with Crippen molar-refractivity contribution in [3.63, 3.8) is 0 Å². The second kappa shape index (κ2) is 7.94. The van der Waals surface area contributed by atoms with E-state index in [-0.39, 0.29) is 17.1 Å². The molecule has 0 aromatic carbocycles. The van der Waals surface area contributed by atoms with E-state index in [9.17, 15) is 21.6 Å². The highest BCUT2D eigenvalue weighted by molar-refractivity contribution is 7.89. The molecule has 140 valence electrons. The van der Waals surface area contributed by atoms with Gasteiger partial charge in [-0.3, -0.25) is 4.68 Å². The number of primary sulfonamides is 1. The van der Waals surface area contributed by atoms with Gasteiger partial charge in [0.15, 0.2) is 5.03 Å². The van der Waals surface area contributed by atoms with Crippen LogP contribution in [-0.4, -0.2) is 54.4 Å². The zero-order valence-electron chi connectivity index (χ0n) is 13.9. The van der Waals surface area contributed by atoms with Crippen molar-refractivity contribution in [3.8, 4) is 0 Å². The standard InChI is InChI=1S/C10H20N4O2S.C2HF3O2/c1-7(2)14-9(8(3)13(4)5)6-10(12-14)17(11,15)16;3-2(4,5)1(6)7/h6-8H,1-5H3,(H2,11,15,16);(H,6,7). The maximum atomic E-state index is 11.3. The van der Waals surface area contributed by atoms with Crippen molar-refractivity contribution in [1.82, 2.24) is 14.7 Å². The smallest absolute Gasteiger partial charge is 0.475 e. The average molecular weight is 374 g/mol. The molecule has 0 radical (unpaired) electrons. The third kappa shape index (κ3) is 6.45. The van der Waals surface area contributed by atoms with Crippen LogP contribution in [-0.2, 0) is 14.8 Å². The van der Waals surface area contributed by atoms with Crippen LogP contribution in [0.3, 0.4) is 0 Å². The highest BCUT2D eigenvalue weighted by Crippen LogP contribution is 2.23. The number of aromatic nitrogens is 2. The van der Waals surface area contributed by atoms with Gasteiger partial charge in [-0.1, -0.05) is 0 Å². The number of nitrogens with two attached hydrogens (primary N) is 1. The van der Waals surface area contributed by atoms with Crippen LogP contribution in [0.5, 0.6) is 0 Å². The molecule has 0 aliphatic heterocycles. The van der Waals surface area contributed by atoms with Gasteiger partial charge in [-0.05, 0) is 34.9 Å². The van der Waals surface area contributed by atoms with E-state index in [1.807, 2.05) is 39.8 Å². The number of carboxylic acids is 1. The summed E-state index contributed by atoms with van der Waals surface area (Å²) in [4.78, 5) is 10.9. The van der Waals surface area contributed by atoms with Gasteiger partial charge in [0.2, 0.25) is 0 Å². The lowest BCUT2D eigenvalue weighted by molar-refractivity contribution is -0.192. The van der Waals surface area contributed by atoms with Gasteiger partial charge in [0.25, 0.3) is 10.0 Å². The van der Waals surface area contributed by atoms with Crippen LogP contribution < -0.4 is 5.14 Å². The first-order valence-corrected chi connectivity index (χ1v) is 8.22. The van der Waals surface area contributed by atoms with Crippen LogP contribution in [0, 0.1) is 0 Å². The van der Waals surface area contributed by atoms with Crippen molar-refractivity contribution in [1.29, 1.82) is 0 Å². The number of hydrogen-bond donors (Lipinski definition) is 2. The monoisotopic (exact) mass is 374 g/mol. The summed E-state index contributed by atoms with van der Waals surface area (Å²) < 4.78 is 56.0. The molecule has 0 amide bonds. The van der Waals surface area contributed by atoms with Crippen molar-refractivity contribution < 1.29 is 31.5 Å². The molecule has 0 spiro atoms. The van der Waals surface area contributed by atoms with Gasteiger partial charge in [-0.15, -0.1) is 0 Å². The minimum atomic E-state index is -5.08. The zero-order chi connectivity index (χ0) is 19.5. The summed E-state index contributed by atoms with van der Waals surface area (Å²) in [6.07, 6.45) is -5.08. The first-order valence-electron chi connectivity index (χ1n) is 6.67. The number of alkyl halides is 3. The zero-order valence-corrected chi connectivity index (χ0v) is 14.7. The van der Waals surface area contributed by atoms with Crippen LogP contribution in [0.15, 0.2) is 11.1 Å². The Hall–Kier alpha value is -1.66. The maximum Gasteiger partial charge on any atom is 0.490 e. The predicted molar refractivity (Wildman–Crippen MR) is 79.8 cm³/mol. The number of aliphatic carboxylic acids is 1. The number of nitrogens with zero attached hydrogens (tertiary/aromatic N) is 3.